The van der Waals surface area contributed by atoms with Crippen molar-refractivity contribution in [1.82, 2.24) is 10.2 Å². The largest absolute Gasteiger partial charge is 0.399 e. The van der Waals surface area contributed by atoms with Crippen LogP contribution in [-0.2, 0) is 20.9 Å². The van der Waals surface area contributed by atoms with Gasteiger partial charge < -0.3 is 11.1 Å². The summed E-state index contributed by atoms with van der Waals surface area (Å²) >= 11 is 0. The van der Waals surface area contributed by atoms with Crippen molar-refractivity contribution in [3.63, 3.8) is 0 Å². The van der Waals surface area contributed by atoms with Crippen molar-refractivity contribution in [3.05, 3.63) is 42.0 Å². The first kappa shape index (κ1) is 16.7. The van der Waals surface area contributed by atoms with E-state index >= 15 is 0 Å². The number of amides is 3. The van der Waals surface area contributed by atoms with Gasteiger partial charge in [-0.3, -0.25) is 19.3 Å². The van der Waals surface area contributed by atoms with E-state index in [0.717, 1.165) is 18.4 Å². The highest BCUT2D eigenvalue weighted by Crippen LogP contribution is 2.08. The summed E-state index contributed by atoms with van der Waals surface area (Å²) in [5, 5.41) is 2.86. The van der Waals surface area contributed by atoms with Crippen LogP contribution >= 0.6 is 0 Å². The van der Waals surface area contributed by atoms with Crippen LogP contribution in [0.1, 0.15) is 31.2 Å². The highest BCUT2D eigenvalue weighted by Gasteiger charge is 2.22. The van der Waals surface area contributed by atoms with Gasteiger partial charge in [-0.25, -0.2) is 0 Å². The number of anilines is 1. The Balaban J connectivity index is 1.55. The average Bonchev–Trinajstić information content (AvgIpc) is 2.85. The lowest BCUT2D eigenvalue weighted by Gasteiger charge is -2.13. The Morgan fingerprint density at radius 1 is 1.00 bits per heavy atom. The number of nitrogens with zero attached hydrogens (tertiary/aromatic N) is 1. The van der Waals surface area contributed by atoms with Crippen molar-refractivity contribution in [3.8, 4) is 0 Å². The second-order valence-electron chi connectivity index (χ2n) is 5.49. The van der Waals surface area contributed by atoms with Crippen molar-refractivity contribution >= 4 is 23.4 Å². The Morgan fingerprint density at radius 3 is 2.30 bits per heavy atom. The van der Waals surface area contributed by atoms with Crippen molar-refractivity contribution in [2.24, 2.45) is 0 Å². The molecular weight excluding hydrogens is 294 g/mol. The summed E-state index contributed by atoms with van der Waals surface area (Å²) in [6, 6.07) is 7.37. The molecule has 0 unspecified atom stereocenters. The highest BCUT2D eigenvalue weighted by molar-refractivity contribution is 6.12. The number of rotatable bonds is 8. The molecule has 3 N–H and O–H groups in total. The number of unbranched alkanes of at least 4 members (excludes halogenated alkanes) is 2. The van der Waals surface area contributed by atoms with Crippen molar-refractivity contribution in [2.75, 3.05) is 12.3 Å². The van der Waals surface area contributed by atoms with Crippen molar-refractivity contribution in [2.45, 2.75) is 32.2 Å². The molecule has 0 bridgehead atoms. The third kappa shape index (κ3) is 5.25. The summed E-state index contributed by atoms with van der Waals surface area (Å²) in [7, 11) is 0. The van der Waals surface area contributed by atoms with E-state index < -0.39 is 0 Å². The summed E-state index contributed by atoms with van der Waals surface area (Å²) in [6.45, 7) is 0.902. The molecule has 0 spiro atoms. The highest BCUT2D eigenvalue weighted by atomic mass is 16.2. The molecule has 3 amide bonds. The van der Waals surface area contributed by atoms with Gasteiger partial charge in [0.1, 0.15) is 0 Å². The minimum atomic E-state index is -0.253. The van der Waals surface area contributed by atoms with Crippen LogP contribution in [0.25, 0.3) is 0 Å². The molecule has 6 heteroatoms. The van der Waals surface area contributed by atoms with Crippen molar-refractivity contribution in [1.29, 1.82) is 0 Å². The fourth-order valence-corrected chi connectivity index (χ4v) is 2.31. The minimum Gasteiger partial charge on any atom is -0.399 e. The van der Waals surface area contributed by atoms with Crippen molar-refractivity contribution < 1.29 is 14.4 Å². The summed E-state index contributed by atoms with van der Waals surface area (Å²) in [5.41, 5.74) is 7.31. The van der Waals surface area contributed by atoms with Gasteiger partial charge in [0.2, 0.25) is 5.91 Å². The lowest BCUT2D eigenvalue weighted by Crippen LogP contribution is -2.30. The maximum atomic E-state index is 11.7. The second kappa shape index (κ2) is 8.12. The molecule has 2 rings (SSSR count). The zero-order valence-corrected chi connectivity index (χ0v) is 13.0. The zero-order valence-electron chi connectivity index (χ0n) is 13.0. The summed E-state index contributed by atoms with van der Waals surface area (Å²) in [5.74, 6) is -0.510. The molecule has 0 aromatic heterocycles. The Kier molecular flexibility index (Phi) is 5.91. The lowest BCUT2D eigenvalue weighted by molar-refractivity contribution is -0.136. The predicted molar refractivity (Wildman–Crippen MR) is 87.0 cm³/mol. The number of nitrogen functional groups attached to an aromatic ring is 1. The van der Waals surface area contributed by atoms with E-state index in [9.17, 15) is 14.4 Å². The van der Waals surface area contributed by atoms with Gasteiger partial charge in [-0.05, 0) is 30.5 Å². The van der Waals surface area contributed by atoms with Gasteiger partial charge in [0.05, 0.1) is 0 Å². The smallest absolute Gasteiger partial charge is 0.253 e. The second-order valence-corrected chi connectivity index (χ2v) is 5.49. The lowest BCUT2D eigenvalue weighted by atomic mass is 10.1. The number of imide groups is 1. The number of carbonyl (C=O) groups excluding carboxylic acids is 3. The SMILES string of the molecule is Nc1ccc(CNC(=O)CCCCCN2C(=O)C=CC2=O)cc1. The zero-order chi connectivity index (χ0) is 16.7. The van der Waals surface area contributed by atoms with Crippen LogP contribution in [0.15, 0.2) is 36.4 Å². The summed E-state index contributed by atoms with van der Waals surface area (Å²) in [6.07, 6.45) is 5.25. The van der Waals surface area contributed by atoms with Crippen LogP contribution in [0.3, 0.4) is 0 Å². The fraction of sp³-hybridized carbons (Fsp3) is 0.353. The first-order valence-electron chi connectivity index (χ1n) is 7.71. The van der Waals surface area contributed by atoms with E-state index in [0.29, 0.717) is 31.6 Å². The predicted octanol–water partition coefficient (Wildman–Crippen LogP) is 1.37. The maximum absolute atomic E-state index is 11.7. The van der Waals surface area contributed by atoms with Crippen LogP contribution in [0.5, 0.6) is 0 Å². The molecule has 0 atom stereocenters. The number of benzene rings is 1. The molecule has 122 valence electrons. The molecule has 23 heavy (non-hydrogen) atoms. The van der Waals surface area contributed by atoms with Gasteiger partial charge in [0, 0.05) is 37.3 Å². The van der Waals surface area contributed by atoms with Gasteiger partial charge in [-0.1, -0.05) is 18.6 Å². The standard InChI is InChI=1S/C17H21N3O3/c18-14-7-5-13(6-8-14)12-19-15(21)4-2-1-3-11-20-16(22)9-10-17(20)23/h5-10H,1-4,11-12,18H2,(H,19,21). The van der Waals surface area contributed by atoms with E-state index in [4.69, 9.17) is 5.73 Å². The van der Waals surface area contributed by atoms with E-state index in [1.165, 1.54) is 17.1 Å². The number of hydrogen-bond acceptors (Lipinski definition) is 4. The molecular formula is C17H21N3O3. The molecule has 1 aliphatic heterocycles. The summed E-state index contributed by atoms with van der Waals surface area (Å²) < 4.78 is 0. The minimum absolute atomic E-state index is 0.00295. The molecule has 1 aromatic carbocycles. The number of nitrogens with one attached hydrogen (secondary N) is 1. The molecule has 0 radical (unpaired) electrons. The Bertz CT molecular complexity index is 590. The average molecular weight is 315 g/mol. The van der Waals surface area contributed by atoms with E-state index in [1.54, 1.807) is 12.1 Å². The van der Waals surface area contributed by atoms with Crippen LogP contribution in [0.4, 0.5) is 5.69 Å². The number of hydrogen-bond donors (Lipinski definition) is 2. The fourth-order valence-electron chi connectivity index (χ4n) is 2.31. The molecule has 0 saturated carbocycles. The number of nitrogens with two attached hydrogens (primary N) is 1. The first-order chi connectivity index (χ1) is 11.1. The maximum Gasteiger partial charge on any atom is 0.253 e. The van der Waals surface area contributed by atoms with Gasteiger partial charge >= 0.3 is 0 Å². The molecule has 1 aromatic rings. The Morgan fingerprint density at radius 2 is 1.65 bits per heavy atom. The van der Waals surface area contributed by atoms with E-state index in [2.05, 4.69) is 5.32 Å². The first-order valence-corrected chi connectivity index (χ1v) is 7.71. The molecule has 1 aliphatic rings. The Labute approximate surface area is 135 Å². The monoisotopic (exact) mass is 315 g/mol. The molecule has 6 nitrogen and oxygen atoms in total. The van der Waals surface area contributed by atoms with E-state index in [-0.39, 0.29) is 17.7 Å². The Hall–Kier alpha value is -2.63. The topological polar surface area (TPSA) is 92.5 Å². The van der Waals surface area contributed by atoms with Gasteiger partial charge in [-0.2, -0.15) is 0 Å². The normalized spacial score (nSPS) is 13.7. The van der Waals surface area contributed by atoms with Gasteiger partial charge in [0.25, 0.3) is 11.8 Å². The quantitative estimate of drug-likeness (QED) is 0.430. The third-order valence-electron chi connectivity index (χ3n) is 3.66. The summed E-state index contributed by atoms with van der Waals surface area (Å²) in [4.78, 5) is 35.7. The molecule has 1 heterocycles. The van der Waals surface area contributed by atoms with Crippen LogP contribution < -0.4 is 11.1 Å². The van der Waals surface area contributed by atoms with Gasteiger partial charge in [-0.15, -0.1) is 0 Å². The van der Waals surface area contributed by atoms with Gasteiger partial charge in [0.15, 0.2) is 0 Å². The van der Waals surface area contributed by atoms with Crippen LogP contribution in [-0.4, -0.2) is 29.2 Å². The van der Waals surface area contributed by atoms with Crippen LogP contribution in [0.2, 0.25) is 0 Å². The number of carbonyl (C=O) groups is 3. The third-order valence-corrected chi connectivity index (χ3v) is 3.66. The molecule has 0 saturated heterocycles. The molecule has 0 aliphatic carbocycles. The van der Waals surface area contributed by atoms with E-state index in [1.807, 2.05) is 12.1 Å². The van der Waals surface area contributed by atoms with Crippen LogP contribution in [0, 0.1) is 0 Å². The molecule has 0 fully saturated rings.